The second-order valence-electron chi connectivity index (χ2n) is 9.65. The lowest BCUT2D eigenvalue weighted by molar-refractivity contribution is -0.133. The van der Waals surface area contributed by atoms with Crippen molar-refractivity contribution in [3.05, 3.63) is 78.7 Å². The summed E-state index contributed by atoms with van der Waals surface area (Å²) >= 11 is 14.5. The van der Waals surface area contributed by atoms with Crippen molar-refractivity contribution in [1.82, 2.24) is 9.47 Å². The third kappa shape index (κ3) is 4.39. The molecule has 11 heteroatoms. The molecule has 3 aromatic rings. The zero-order chi connectivity index (χ0) is 26.6. The third-order valence-corrected chi connectivity index (χ3v) is 10.5. The molecule has 3 aliphatic rings. The number of rotatable bonds is 4. The van der Waals surface area contributed by atoms with Crippen LogP contribution >= 0.6 is 46.3 Å². The predicted octanol–water partition coefficient (Wildman–Crippen LogP) is 5.02. The van der Waals surface area contributed by atoms with Gasteiger partial charge in [-0.15, -0.1) is 0 Å². The number of piperidine rings is 1. The van der Waals surface area contributed by atoms with Crippen LogP contribution in [0.1, 0.15) is 35.6 Å². The largest absolute Gasteiger partial charge is 0.341 e. The molecular weight excluding hydrogens is 565 g/mol. The number of amides is 3. The number of imide groups is 1. The Morgan fingerprint density at radius 3 is 2.16 bits per heavy atom. The zero-order valence-electron chi connectivity index (χ0n) is 20.1. The van der Waals surface area contributed by atoms with Crippen molar-refractivity contribution in [3.8, 4) is 0 Å². The number of likely N-dealkylation sites (tertiary alicyclic amines) is 1. The fourth-order valence-corrected chi connectivity index (χ4v) is 8.53. The first-order valence-corrected chi connectivity index (χ1v) is 14.9. The number of fused-ring (bicyclic) bond motifs is 2. The summed E-state index contributed by atoms with van der Waals surface area (Å²) < 4.78 is 1.49. The lowest BCUT2D eigenvalue weighted by Crippen LogP contribution is -2.39. The summed E-state index contributed by atoms with van der Waals surface area (Å²) in [5.74, 6) is -2.00. The standard InChI is InChI=1S/C27H23Cl2N3O4S2/c28-16-6-4-15(5-7-16)20-21-22(25(35)32(24(21)34)18-10-8-17(29)9-11-18)37-26-23(20)38-27(36)31(26)14-19(33)30-12-2-1-3-13-30/h4-11,20-22H,1-3,12-14H2/t20-,21-,22+/m0/s1. The minimum atomic E-state index is -0.739. The molecule has 2 saturated heterocycles. The fraction of sp³-hybridized carbons (Fsp3) is 0.333. The van der Waals surface area contributed by atoms with Crippen molar-refractivity contribution in [2.45, 2.75) is 42.0 Å². The summed E-state index contributed by atoms with van der Waals surface area (Å²) in [6, 6.07) is 13.7. The van der Waals surface area contributed by atoms with Gasteiger partial charge in [0.15, 0.2) is 0 Å². The van der Waals surface area contributed by atoms with Crippen LogP contribution in [0.15, 0.2) is 58.4 Å². The molecule has 6 rings (SSSR count). The summed E-state index contributed by atoms with van der Waals surface area (Å²) in [6.45, 7) is 1.30. The van der Waals surface area contributed by atoms with E-state index in [1.165, 1.54) is 21.2 Å². The van der Waals surface area contributed by atoms with E-state index in [4.69, 9.17) is 23.2 Å². The minimum absolute atomic E-state index is 0.0779. The Labute approximate surface area is 237 Å². The maximum absolute atomic E-state index is 13.9. The molecule has 0 spiro atoms. The summed E-state index contributed by atoms with van der Waals surface area (Å²) in [4.78, 5) is 57.4. The molecular formula is C27H23Cl2N3O4S2. The molecule has 3 aliphatic heterocycles. The highest BCUT2D eigenvalue weighted by Crippen LogP contribution is 2.54. The van der Waals surface area contributed by atoms with Crippen molar-refractivity contribution >= 4 is 69.7 Å². The van der Waals surface area contributed by atoms with Crippen LogP contribution in [0.5, 0.6) is 0 Å². The smallest absolute Gasteiger partial charge is 0.308 e. The molecule has 2 fully saturated rings. The van der Waals surface area contributed by atoms with Gasteiger partial charge in [-0.3, -0.25) is 23.7 Å². The van der Waals surface area contributed by atoms with E-state index in [0.29, 0.717) is 38.7 Å². The average Bonchev–Trinajstić information content (AvgIpc) is 3.36. The molecule has 0 radical (unpaired) electrons. The highest BCUT2D eigenvalue weighted by atomic mass is 35.5. The number of aromatic nitrogens is 1. The molecule has 0 unspecified atom stereocenters. The van der Waals surface area contributed by atoms with E-state index in [1.54, 1.807) is 41.3 Å². The van der Waals surface area contributed by atoms with Gasteiger partial charge in [0.25, 0.3) is 0 Å². The lowest BCUT2D eigenvalue weighted by Gasteiger charge is -2.31. The van der Waals surface area contributed by atoms with Gasteiger partial charge < -0.3 is 4.90 Å². The molecule has 3 atom stereocenters. The van der Waals surface area contributed by atoms with Crippen LogP contribution in [-0.4, -0.2) is 45.5 Å². The number of benzene rings is 2. The lowest BCUT2D eigenvalue weighted by atomic mass is 9.83. The van der Waals surface area contributed by atoms with Gasteiger partial charge in [0, 0.05) is 33.9 Å². The Balaban J connectivity index is 1.43. The molecule has 0 bridgehead atoms. The van der Waals surface area contributed by atoms with E-state index in [-0.39, 0.29) is 29.1 Å². The van der Waals surface area contributed by atoms with E-state index in [1.807, 2.05) is 12.1 Å². The van der Waals surface area contributed by atoms with Gasteiger partial charge in [0.05, 0.1) is 16.6 Å². The fourth-order valence-electron chi connectivity index (χ4n) is 5.51. The number of nitrogens with zero attached hydrogens (tertiary/aromatic N) is 3. The number of carbonyl (C=O) groups excluding carboxylic acids is 3. The number of thiazole rings is 1. The predicted molar refractivity (Wildman–Crippen MR) is 149 cm³/mol. The Bertz CT molecular complexity index is 1480. The minimum Gasteiger partial charge on any atom is -0.341 e. The first-order valence-electron chi connectivity index (χ1n) is 12.4. The molecule has 3 amide bonds. The van der Waals surface area contributed by atoms with E-state index in [0.717, 1.165) is 36.2 Å². The second-order valence-corrected chi connectivity index (χ2v) is 12.6. The molecule has 7 nitrogen and oxygen atoms in total. The maximum atomic E-state index is 13.9. The third-order valence-electron chi connectivity index (χ3n) is 7.37. The highest BCUT2D eigenvalue weighted by molar-refractivity contribution is 8.00. The number of carbonyl (C=O) groups is 3. The van der Waals surface area contributed by atoms with Gasteiger partial charge in [-0.2, -0.15) is 0 Å². The topological polar surface area (TPSA) is 79.7 Å². The molecule has 0 aliphatic carbocycles. The SMILES string of the molecule is O=C(Cn1c2c(sc1=O)[C@@H](c1ccc(Cl)cc1)[C@@H]1C(=O)N(c3ccc(Cl)cc3)C(=O)[C@@H]1S2)N1CCCCC1. The molecule has 4 heterocycles. The molecule has 2 aromatic carbocycles. The summed E-state index contributed by atoms with van der Waals surface area (Å²) in [6.07, 6.45) is 3.01. The quantitative estimate of drug-likeness (QED) is 0.400. The average molecular weight is 589 g/mol. The van der Waals surface area contributed by atoms with Crippen molar-refractivity contribution < 1.29 is 14.4 Å². The highest BCUT2D eigenvalue weighted by Gasteiger charge is 2.56. The first kappa shape index (κ1) is 25.7. The van der Waals surface area contributed by atoms with E-state index in [9.17, 15) is 19.2 Å². The summed E-state index contributed by atoms with van der Waals surface area (Å²) in [5, 5.41) is 0.899. The Morgan fingerprint density at radius 2 is 1.50 bits per heavy atom. The van der Waals surface area contributed by atoms with Crippen molar-refractivity contribution in [2.24, 2.45) is 5.92 Å². The number of thioether (sulfide) groups is 1. The second kappa shape index (κ2) is 10.2. The zero-order valence-corrected chi connectivity index (χ0v) is 23.3. The van der Waals surface area contributed by atoms with Crippen LogP contribution in [0.3, 0.4) is 0 Å². The van der Waals surface area contributed by atoms with E-state index in [2.05, 4.69) is 0 Å². The van der Waals surface area contributed by atoms with Gasteiger partial charge in [0.2, 0.25) is 17.7 Å². The monoisotopic (exact) mass is 587 g/mol. The molecule has 38 heavy (non-hydrogen) atoms. The molecule has 0 saturated carbocycles. The van der Waals surface area contributed by atoms with Crippen LogP contribution in [0.2, 0.25) is 10.0 Å². The number of hydrogen-bond acceptors (Lipinski definition) is 6. The normalized spacial score (nSPS) is 22.9. The van der Waals surface area contributed by atoms with E-state index < -0.39 is 17.1 Å². The van der Waals surface area contributed by atoms with Gasteiger partial charge in [-0.1, -0.05) is 58.4 Å². The van der Waals surface area contributed by atoms with Crippen molar-refractivity contribution in [2.75, 3.05) is 18.0 Å². The van der Waals surface area contributed by atoms with E-state index >= 15 is 0 Å². The van der Waals surface area contributed by atoms with Crippen LogP contribution in [0, 0.1) is 5.92 Å². The summed E-state index contributed by atoms with van der Waals surface area (Å²) in [7, 11) is 0. The van der Waals surface area contributed by atoms with Gasteiger partial charge in [0.1, 0.15) is 11.8 Å². The molecule has 1 aromatic heterocycles. The summed E-state index contributed by atoms with van der Waals surface area (Å²) in [5.41, 5.74) is 1.25. The maximum Gasteiger partial charge on any atom is 0.308 e. The molecule has 0 N–H and O–H groups in total. The van der Waals surface area contributed by atoms with Crippen LogP contribution in [0.4, 0.5) is 5.69 Å². The van der Waals surface area contributed by atoms with Crippen molar-refractivity contribution in [1.29, 1.82) is 0 Å². The Morgan fingerprint density at radius 1 is 0.868 bits per heavy atom. The van der Waals surface area contributed by atoms with Crippen LogP contribution < -0.4 is 9.77 Å². The first-order chi connectivity index (χ1) is 18.3. The van der Waals surface area contributed by atoms with Gasteiger partial charge in [-0.25, -0.2) is 4.90 Å². The number of halogens is 2. The number of hydrogen-bond donors (Lipinski definition) is 0. The van der Waals surface area contributed by atoms with Crippen LogP contribution in [-0.2, 0) is 20.9 Å². The van der Waals surface area contributed by atoms with Gasteiger partial charge >= 0.3 is 4.87 Å². The van der Waals surface area contributed by atoms with Crippen LogP contribution in [0.25, 0.3) is 0 Å². The Kier molecular flexibility index (Phi) is 6.88. The number of anilines is 1. The van der Waals surface area contributed by atoms with Crippen molar-refractivity contribution in [3.63, 3.8) is 0 Å². The van der Waals surface area contributed by atoms with Gasteiger partial charge in [-0.05, 0) is 61.2 Å². The molecule has 196 valence electrons. The Hall–Kier alpha value is -2.59.